The Bertz CT molecular complexity index is 741. The van der Waals surface area contributed by atoms with Gasteiger partial charge in [-0.25, -0.2) is 4.99 Å². The van der Waals surface area contributed by atoms with E-state index in [-0.39, 0.29) is 5.91 Å². The second-order valence-electron chi connectivity index (χ2n) is 6.04. The van der Waals surface area contributed by atoms with E-state index in [1.807, 2.05) is 24.4 Å². The molecule has 1 heterocycles. The number of hydrogen-bond donors (Lipinski definition) is 1. The highest BCUT2D eigenvalue weighted by atomic mass is 35.5. The van der Waals surface area contributed by atoms with Crippen LogP contribution in [0.4, 0.5) is 5.00 Å². The first-order valence-electron chi connectivity index (χ1n) is 8.33. The van der Waals surface area contributed by atoms with E-state index in [0.29, 0.717) is 34.7 Å². The lowest BCUT2D eigenvalue weighted by molar-refractivity contribution is 0.0955. The summed E-state index contributed by atoms with van der Waals surface area (Å²) in [7, 11) is 0. The maximum Gasteiger partial charge on any atom is 0.254 e. The first-order valence-corrected chi connectivity index (χ1v) is 9.59. The standard InChI is InChI=1S/C19H23ClN2O2S/c1-4-8-21-18(23)16-7-9-25-19(16)22-11-14-10-15(20)5-6-17(14)24-12-13(2)3/h5-7,9-11,13H,4,8,12H2,1-3H3,(H,21,23)/b22-11+. The number of hydrogen-bond acceptors (Lipinski definition) is 4. The molecule has 4 nitrogen and oxygen atoms in total. The molecular formula is C19H23ClN2O2S. The number of carbonyl (C=O) groups excluding carboxylic acids is 1. The van der Waals surface area contributed by atoms with Gasteiger partial charge in [0.15, 0.2) is 0 Å². The molecule has 2 aromatic rings. The summed E-state index contributed by atoms with van der Waals surface area (Å²) in [5, 5.41) is 6.02. The summed E-state index contributed by atoms with van der Waals surface area (Å²) in [6.07, 6.45) is 2.59. The number of rotatable bonds is 8. The van der Waals surface area contributed by atoms with E-state index in [1.165, 1.54) is 11.3 Å². The van der Waals surface area contributed by atoms with E-state index in [2.05, 4.69) is 24.2 Å². The Morgan fingerprint density at radius 3 is 2.92 bits per heavy atom. The average Bonchev–Trinajstić information content (AvgIpc) is 3.05. The highest BCUT2D eigenvalue weighted by Gasteiger charge is 2.12. The van der Waals surface area contributed by atoms with Gasteiger partial charge in [-0.3, -0.25) is 4.79 Å². The number of nitrogens with one attached hydrogen (secondary N) is 1. The molecular weight excluding hydrogens is 356 g/mol. The lowest BCUT2D eigenvalue weighted by Crippen LogP contribution is -2.23. The Morgan fingerprint density at radius 1 is 1.40 bits per heavy atom. The Kier molecular flexibility index (Phi) is 7.47. The molecule has 0 aliphatic carbocycles. The minimum Gasteiger partial charge on any atom is -0.493 e. The van der Waals surface area contributed by atoms with Crippen molar-refractivity contribution in [3.63, 3.8) is 0 Å². The number of ether oxygens (including phenoxy) is 1. The molecule has 1 N–H and O–H groups in total. The largest absolute Gasteiger partial charge is 0.493 e. The lowest BCUT2D eigenvalue weighted by atomic mass is 10.2. The molecule has 0 atom stereocenters. The van der Waals surface area contributed by atoms with Gasteiger partial charge < -0.3 is 10.1 Å². The first-order chi connectivity index (χ1) is 12.0. The van der Waals surface area contributed by atoms with Gasteiger partial charge in [-0.1, -0.05) is 32.4 Å². The van der Waals surface area contributed by atoms with Crippen molar-refractivity contribution >= 4 is 40.1 Å². The fraction of sp³-hybridized carbons (Fsp3) is 0.368. The van der Waals surface area contributed by atoms with Crippen molar-refractivity contribution in [3.05, 3.63) is 45.8 Å². The Hall–Kier alpha value is -1.85. The maximum absolute atomic E-state index is 12.2. The normalized spacial score (nSPS) is 11.2. The molecule has 0 aliphatic heterocycles. The van der Waals surface area contributed by atoms with Crippen molar-refractivity contribution in [1.29, 1.82) is 0 Å². The fourth-order valence-electron chi connectivity index (χ4n) is 2.04. The molecule has 134 valence electrons. The summed E-state index contributed by atoms with van der Waals surface area (Å²) >= 11 is 7.53. The van der Waals surface area contributed by atoms with Crippen LogP contribution in [0, 0.1) is 5.92 Å². The summed E-state index contributed by atoms with van der Waals surface area (Å²) in [4.78, 5) is 16.7. The summed E-state index contributed by atoms with van der Waals surface area (Å²) in [6, 6.07) is 7.24. The third-order valence-electron chi connectivity index (χ3n) is 3.29. The van der Waals surface area contributed by atoms with Crippen LogP contribution in [0.25, 0.3) is 0 Å². The van der Waals surface area contributed by atoms with E-state index in [1.54, 1.807) is 18.3 Å². The van der Waals surface area contributed by atoms with Crippen molar-refractivity contribution < 1.29 is 9.53 Å². The highest BCUT2D eigenvalue weighted by Crippen LogP contribution is 2.28. The molecule has 0 saturated heterocycles. The van der Waals surface area contributed by atoms with Gasteiger partial charge in [0, 0.05) is 23.3 Å². The van der Waals surface area contributed by atoms with Gasteiger partial charge in [-0.2, -0.15) is 0 Å². The Labute approximate surface area is 157 Å². The van der Waals surface area contributed by atoms with E-state index >= 15 is 0 Å². The minimum absolute atomic E-state index is 0.0994. The minimum atomic E-state index is -0.0994. The SMILES string of the molecule is CCCNC(=O)c1ccsc1/N=C/c1cc(Cl)ccc1OCC(C)C. The van der Waals surface area contributed by atoms with Gasteiger partial charge in [0.2, 0.25) is 0 Å². The lowest BCUT2D eigenvalue weighted by Gasteiger charge is -2.11. The number of nitrogens with zero attached hydrogens (tertiary/aromatic N) is 1. The molecule has 0 spiro atoms. The van der Waals surface area contributed by atoms with Crippen LogP contribution in [-0.2, 0) is 0 Å². The van der Waals surface area contributed by atoms with Crippen molar-refractivity contribution in [2.24, 2.45) is 10.9 Å². The number of benzene rings is 1. The number of amides is 1. The van der Waals surface area contributed by atoms with Gasteiger partial charge >= 0.3 is 0 Å². The van der Waals surface area contributed by atoms with Crippen molar-refractivity contribution in [2.75, 3.05) is 13.2 Å². The van der Waals surface area contributed by atoms with Crippen LogP contribution in [0.1, 0.15) is 43.1 Å². The molecule has 0 saturated carbocycles. The van der Waals surface area contributed by atoms with Crippen molar-refractivity contribution in [2.45, 2.75) is 27.2 Å². The quantitative estimate of drug-likeness (QED) is 0.631. The third kappa shape index (κ3) is 5.87. The van der Waals surface area contributed by atoms with Crippen molar-refractivity contribution in [1.82, 2.24) is 5.32 Å². The van der Waals surface area contributed by atoms with E-state index in [4.69, 9.17) is 16.3 Å². The van der Waals surface area contributed by atoms with Crippen LogP contribution in [0.15, 0.2) is 34.6 Å². The van der Waals surface area contributed by atoms with Gasteiger partial charge in [-0.15, -0.1) is 11.3 Å². The van der Waals surface area contributed by atoms with Crippen LogP contribution >= 0.6 is 22.9 Å². The Balaban J connectivity index is 2.21. The second kappa shape index (κ2) is 9.59. The summed E-state index contributed by atoms with van der Waals surface area (Å²) < 4.78 is 5.83. The summed E-state index contributed by atoms with van der Waals surface area (Å²) in [6.45, 7) is 7.48. The molecule has 0 aliphatic rings. The van der Waals surface area contributed by atoms with Crippen LogP contribution in [0.3, 0.4) is 0 Å². The molecule has 0 radical (unpaired) electrons. The monoisotopic (exact) mass is 378 g/mol. The zero-order valence-electron chi connectivity index (χ0n) is 14.7. The molecule has 0 fully saturated rings. The second-order valence-corrected chi connectivity index (χ2v) is 7.37. The number of halogens is 1. The van der Waals surface area contributed by atoms with E-state index in [0.717, 1.165) is 17.7 Å². The summed E-state index contributed by atoms with van der Waals surface area (Å²) in [5.41, 5.74) is 1.38. The summed E-state index contributed by atoms with van der Waals surface area (Å²) in [5.74, 6) is 1.06. The van der Waals surface area contributed by atoms with E-state index in [9.17, 15) is 4.79 Å². The predicted molar refractivity (Wildman–Crippen MR) is 106 cm³/mol. The molecule has 1 aromatic heterocycles. The van der Waals surface area contributed by atoms with Crippen LogP contribution in [0.5, 0.6) is 5.75 Å². The molecule has 1 amide bonds. The van der Waals surface area contributed by atoms with Gasteiger partial charge in [0.05, 0.1) is 12.2 Å². The highest BCUT2D eigenvalue weighted by molar-refractivity contribution is 7.14. The van der Waals surface area contributed by atoms with Gasteiger partial charge in [0.25, 0.3) is 5.91 Å². The van der Waals surface area contributed by atoms with Gasteiger partial charge in [-0.05, 0) is 42.0 Å². The van der Waals surface area contributed by atoms with Crippen LogP contribution in [-0.4, -0.2) is 25.3 Å². The van der Waals surface area contributed by atoms with Crippen molar-refractivity contribution in [3.8, 4) is 5.75 Å². The van der Waals surface area contributed by atoms with Gasteiger partial charge in [0.1, 0.15) is 10.8 Å². The maximum atomic E-state index is 12.2. The first kappa shape index (κ1) is 19.5. The number of carbonyl (C=O) groups is 1. The molecule has 25 heavy (non-hydrogen) atoms. The molecule has 6 heteroatoms. The third-order valence-corrected chi connectivity index (χ3v) is 4.35. The smallest absolute Gasteiger partial charge is 0.254 e. The topological polar surface area (TPSA) is 50.7 Å². The van der Waals surface area contributed by atoms with Crippen LogP contribution < -0.4 is 10.1 Å². The average molecular weight is 379 g/mol. The molecule has 1 aromatic carbocycles. The molecule has 0 unspecified atom stereocenters. The number of thiophene rings is 1. The van der Waals surface area contributed by atoms with Crippen LogP contribution in [0.2, 0.25) is 5.02 Å². The zero-order chi connectivity index (χ0) is 18.2. The fourth-order valence-corrected chi connectivity index (χ4v) is 2.96. The predicted octanol–water partition coefficient (Wildman–Crippen LogP) is 5.33. The Morgan fingerprint density at radius 2 is 2.20 bits per heavy atom. The molecule has 0 bridgehead atoms. The molecule has 2 rings (SSSR count). The van der Waals surface area contributed by atoms with E-state index < -0.39 is 0 Å². The zero-order valence-corrected chi connectivity index (χ0v) is 16.3. The number of aliphatic imine (C=N–C) groups is 1.